The highest BCUT2D eigenvalue weighted by atomic mass is 16.6. The lowest BCUT2D eigenvalue weighted by atomic mass is 10.4. The number of hydrogen-bond donors (Lipinski definition) is 2. The second kappa shape index (κ2) is 4.29. The highest BCUT2D eigenvalue weighted by Crippen LogP contribution is 2.06. The molecular formula is C12H12N2O3. The van der Waals surface area contributed by atoms with Gasteiger partial charge in [0.15, 0.2) is 0 Å². The van der Waals surface area contributed by atoms with Crippen molar-refractivity contribution in [2.75, 3.05) is 0 Å². The van der Waals surface area contributed by atoms with E-state index in [2.05, 4.69) is 9.97 Å². The lowest BCUT2D eigenvalue weighted by molar-refractivity contribution is 0.0390. The Bertz CT molecular complexity index is 516. The van der Waals surface area contributed by atoms with Gasteiger partial charge in [0.1, 0.15) is 11.4 Å². The maximum absolute atomic E-state index is 11.6. The summed E-state index contributed by atoms with van der Waals surface area (Å²) >= 11 is 0. The molecule has 17 heavy (non-hydrogen) atoms. The number of hydrogen-bond acceptors (Lipinski definition) is 3. The van der Waals surface area contributed by atoms with Crippen molar-refractivity contribution in [1.29, 1.82) is 0 Å². The van der Waals surface area contributed by atoms with Gasteiger partial charge >= 0.3 is 11.9 Å². The smallest absolute Gasteiger partial charge is 0.362 e. The number of carbonyl (C=O) groups excluding carboxylic acids is 2. The summed E-state index contributed by atoms with van der Waals surface area (Å²) in [5.74, 6) is -1.37. The molecule has 5 heteroatoms. The van der Waals surface area contributed by atoms with Crippen molar-refractivity contribution in [3.63, 3.8) is 0 Å². The molecule has 0 radical (unpaired) electrons. The molecule has 0 saturated heterocycles. The van der Waals surface area contributed by atoms with Gasteiger partial charge in [0.2, 0.25) is 0 Å². The van der Waals surface area contributed by atoms with Crippen molar-refractivity contribution >= 4 is 11.9 Å². The number of esters is 2. The fourth-order valence-corrected chi connectivity index (χ4v) is 1.44. The molecule has 2 heterocycles. The van der Waals surface area contributed by atoms with E-state index in [-0.39, 0.29) is 11.4 Å². The van der Waals surface area contributed by atoms with Crippen LogP contribution in [0.1, 0.15) is 32.4 Å². The van der Waals surface area contributed by atoms with Crippen LogP contribution in [-0.4, -0.2) is 21.9 Å². The number of H-pyrrole nitrogens is 2. The fraction of sp³-hybridized carbons (Fsp3) is 0.167. The third-order valence-corrected chi connectivity index (χ3v) is 2.29. The second-order valence-corrected chi connectivity index (χ2v) is 3.79. The van der Waals surface area contributed by atoms with E-state index in [4.69, 9.17) is 4.74 Å². The molecule has 88 valence electrons. The second-order valence-electron chi connectivity index (χ2n) is 3.79. The minimum atomic E-state index is -0.685. The molecule has 0 aliphatic rings. The molecule has 0 atom stereocenters. The molecule has 0 aliphatic carbocycles. The zero-order chi connectivity index (χ0) is 12.4. The monoisotopic (exact) mass is 232 g/mol. The van der Waals surface area contributed by atoms with Gasteiger partial charge < -0.3 is 14.7 Å². The van der Waals surface area contributed by atoms with E-state index in [1.165, 1.54) is 0 Å². The molecule has 2 aromatic heterocycles. The molecule has 0 aliphatic heterocycles. The predicted octanol–water partition coefficient (Wildman–Crippen LogP) is 1.96. The van der Waals surface area contributed by atoms with Crippen LogP contribution < -0.4 is 0 Å². The van der Waals surface area contributed by atoms with Crippen LogP contribution in [0.4, 0.5) is 0 Å². The summed E-state index contributed by atoms with van der Waals surface area (Å²) in [5, 5.41) is 0. The summed E-state index contributed by atoms with van der Waals surface area (Å²) in [6.07, 6.45) is 0. The first kappa shape index (κ1) is 11.2. The molecule has 0 saturated carbocycles. The molecule has 2 N–H and O–H groups in total. The molecule has 2 rings (SSSR count). The zero-order valence-corrected chi connectivity index (χ0v) is 9.53. The summed E-state index contributed by atoms with van der Waals surface area (Å²) in [6.45, 7) is 3.62. The lowest BCUT2D eigenvalue weighted by Crippen LogP contribution is -2.13. The maximum Gasteiger partial charge on any atom is 0.362 e. The minimum absolute atomic E-state index is 0.263. The Kier molecular flexibility index (Phi) is 2.82. The first-order valence-electron chi connectivity index (χ1n) is 5.14. The quantitative estimate of drug-likeness (QED) is 0.614. The van der Waals surface area contributed by atoms with E-state index in [0.717, 1.165) is 11.4 Å². The SMILES string of the molecule is Cc1ccc(C(=O)OC(=O)c2ccc(C)[nH]2)[nH]1. The van der Waals surface area contributed by atoms with Gasteiger partial charge in [-0.3, -0.25) is 0 Å². The Labute approximate surface area is 97.8 Å². The van der Waals surface area contributed by atoms with E-state index in [1.54, 1.807) is 24.3 Å². The van der Waals surface area contributed by atoms with Crippen molar-refractivity contribution in [1.82, 2.24) is 9.97 Å². The molecule has 0 aromatic carbocycles. The van der Waals surface area contributed by atoms with Gasteiger partial charge in [-0.05, 0) is 38.1 Å². The Hall–Kier alpha value is -2.30. The molecular weight excluding hydrogens is 220 g/mol. The number of ether oxygens (including phenoxy) is 1. The lowest BCUT2D eigenvalue weighted by Gasteiger charge is -1.99. The van der Waals surface area contributed by atoms with Crippen molar-refractivity contribution in [3.05, 3.63) is 47.0 Å². The Morgan fingerprint density at radius 3 is 1.59 bits per heavy atom. The van der Waals surface area contributed by atoms with E-state index >= 15 is 0 Å². The number of aryl methyl sites for hydroxylation is 2. The highest BCUT2D eigenvalue weighted by molar-refractivity contribution is 6.01. The van der Waals surface area contributed by atoms with Crippen molar-refractivity contribution in [2.24, 2.45) is 0 Å². The molecule has 0 bridgehead atoms. The van der Waals surface area contributed by atoms with E-state index in [0.29, 0.717) is 0 Å². The predicted molar refractivity (Wildman–Crippen MR) is 60.8 cm³/mol. The normalized spacial score (nSPS) is 10.2. The van der Waals surface area contributed by atoms with E-state index in [1.807, 2.05) is 13.8 Å². The summed E-state index contributed by atoms with van der Waals surface area (Å²) < 4.78 is 4.71. The van der Waals surface area contributed by atoms with Crippen LogP contribution in [0.2, 0.25) is 0 Å². The van der Waals surface area contributed by atoms with Crippen molar-refractivity contribution < 1.29 is 14.3 Å². The highest BCUT2D eigenvalue weighted by Gasteiger charge is 2.16. The van der Waals surface area contributed by atoms with Crippen LogP contribution >= 0.6 is 0 Å². The Morgan fingerprint density at radius 1 is 0.882 bits per heavy atom. The Morgan fingerprint density at radius 2 is 1.29 bits per heavy atom. The fourth-order valence-electron chi connectivity index (χ4n) is 1.44. The van der Waals surface area contributed by atoms with Gasteiger partial charge in [-0.2, -0.15) is 0 Å². The zero-order valence-electron chi connectivity index (χ0n) is 9.53. The van der Waals surface area contributed by atoms with Gasteiger partial charge in [-0.25, -0.2) is 9.59 Å². The maximum atomic E-state index is 11.6. The topological polar surface area (TPSA) is 75.0 Å². The molecule has 0 unspecified atom stereocenters. The van der Waals surface area contributed by atoms with Crippen LogP contribution in [-0.2, 0) is 4.74 Å². The van der Waals surface area contributed by atoms with Crippen LogP contribution in [0.5, 0.6) is 0 Å². The minimum Gasteiger partial charge on any atom is -0.384 e. The standard InChI is InChI=1S/C12H12N2O3/c1-7-3-5-9(13-7)11(15)17-12(16)10-6-4-8(2)14-10/h3-6,13-14H,1-2H3. The average molecular weight is 232 g/mol. The third kappa shape index (κ3) is 2.44. The summed E-state index contributed by atoms with van der Waals surface area (Å²) in [4.78, 5) is 28.7. The summed E-state index contributed by atoms with van der Waals surface area (Å²) in [5.41, 5.74) is 2.19. The number of nitrogens with one attached hydrogen (secondary N) is 2. The molecule has 0 amide bonds. The molecule has 2 aromatic rings. The number of carbonyl (C=O) groups is 2. The van der Waals surface area contributed by atoms with Gasteiger partial charge in [-0.15, -0.1) is 0 Å². The van der Waals surface area contributed by atoms with E-state index < -0.39 is 11.9 Å². The van der Waals surface area contributed by atoms with Crippen LogP contribution in [0, 0.1) is 13.8 Å². The summed E-state index contributed by atoms with van der Waals surface area (Å²) in [6, 6.07) is 6.62. The molecule has 5 nitrogen and oxygen atoms in total. The molecule has 0 spiro atoms. The number of aromatic nitrogens is 2. The van der Waals surface area contributed by atoms with E-state index in [9.17, 15) is 9.59 Å². The number of aromatic amines is 2. The third-order valence-electron chi connectivity index (χ3n) is 2.29. The van der Waals surface area contributed by atoms with Gasteiger partial charge in [0, 0.05) is 11.4 Å². The molecule has 0 fully saturated rings. The van der Waals surface area contributed by atoms with Gasteiger partial charge in [0.25, 0.3) is 0 Å². The Balaban J connectivity index is 2.07. The first-order chi connectivity index (χ1) is 8.06. The van der Waals surface area contributed by atoms with Crippen molar-refractivity contribution in [3.8, 4) is 0 Å². The van der Waals surface area contributed by atoms with Crippen molar-refractivity contribution in [2.45, 2.75) is 13.8 Å². The summed E-state index contributed by atoms with van der Waals surface area (Å²) in [7, 11) is 0. The average Bonchev–Trinajstić information content (AvgIpc) is 2.87. The van der Waals surface area contributed by atoms with Crippen LogP contribution in [0.15, 0.2) is 24.3 Å². The van der Waals surface area contributed by atoms with Gasteiger partial charge in [-0.1, -0.05) is 0 Å². The largest absolute Gasteiger partial charge is 0.384 e. The first-order valence-corrected chi connectivity index (χ1v) is 5.14. The van der Waals surface area contributed by atoms with Crippen LogP contribution in [0.3, 0.4) is 0 Å². The van der Waals surface area contributed by atoms with Gasteiger partial charge in [0.05, 0.1) is 0 Å². The van der Waals surface area contributed by atoms with Crippen LogP contribution in [0.25, 0.3) is 0 Å². The number of rotatable bonds is 2.